The van der Waals surface area contributed by atoms with Crippen LogP contribution in [0, 0.1) is 0 Å². The first-order valence-corrected chi connectivity index (χ1v) is 8.75. The molecule has 2 N–H and O–H groups in total. The number of hydrogen-bond acceptors (Lipinski definition) is 3. The van der Waals surface area contributed by atoms with Crippen LogP contribution < -0.4 is 0 Å². The first-order chi connectivity index (χ1) is 12.2. The number of carbonyl (C=O) groups excluding carboxylic acids is 1. The highest BCUT2D eigenvalue weighted by molar-refractivity contribution is 5.98. The van der Waals surface area contributed by atoms with Crippen molar-refractivity contribution in [3.63, 3.8) is 0 Å². The summed E-state index contributed by atoms with van der Waals surface area (Å²) in [7, 11) is 0. The zero-order chi connectivity index (χ0) is 17.2. The van der Waals surface area contributed by atoms with Crippen LogP contribution in [0.25, 0.3) is 10.9 Å². The number of amides is 1. The van der Waals surface area contributed by atoms with Crippen LogP contribution in [0.15, 0.2) is 42.7 Å². The van der Waals surface area contributed by atoms with Crippen LogP contribution in [-0.4, -0.2) is 50.4 Å². The van der Waals surface area contributed by atoms with Gasteiger partial charge in [-0.05, 0) is 42.5 Å². The minimum atomic E-state index is 0.0796. The van der Waals surface area contributed by atoms with Crippen LogP contribution in [0.2, 0.25) is 0 Å². The number of aliphatic hydroxyl groups is 1. The van der Waals surface area contributed by atoms with Crippen molar-refractivity contribution < 1.29 is 9.90 Å². The van der Waals surface area contributed by atoms with Crippen LogP contribution in [0.4, 0.5) is 0 Å². The van der Waals surface area contributed by atoms with E-state index in [4.69, 9.17) is 5.11 Å². The fourth-order valence-electron chi connectivity index (χ4n) is 3.59. The maximum absolute atomic E-state index is 12.9. The number of likely N-dealkylation sites (tertiary alicyclic amines) is 1. The molecule has 6 heteroatoms. The minimum absolute atomic E-state index is 0.0796. The second kappa shape index (κ2) is 6.72. The summed E-state index contributed by atoms with van der Waals surface area (Å²) in [5.74, 6) is 0.336. The summed E-state index contributed by atoms with van der Waals surface area (Å²) >= 11 is 0. The van der Waals surface area contributed by atoms with Gasteiger partial charge in [-0.2, -0.15) is 5.10 Å². The lowest BCUT2D eigenvalue weighted by molar-refractivity contribution is 0.0706. The van der Waals surface area contributed by atoms with Crippen molar-refractivity contribution >= 4 is 16.8 Å². The summed E-state index contributed by atoms with van der Waals surface area (Å²) < 4.78 is 1.76. The van der Waals surface area contributed by atoms with Gasteiger partial charge in [0.05, 0.1) is 18.8 Å². The molecule has 2 aromatic heterocycles. The zero-order valence-corrected chi connectivity index (χ0v) is 14.1. The quantitative estimate of drug-likeness (QED) is 0.767. The number of nitrogens with zero attached hydrogens (tertiary/aromatic N) is 3. The van der Waals surface area contributed by atoms with Gasteiger partial charge in [0, 0.05) is 42.5 Å². The number of nitrogens with one attached hydrogen (secondary N) is 1. The molecule has 0 radical (unpaired) electrons. The normalized spacial score (nSPS) is 18.0. The van der Waals surface area contributed by atoms with Gasteiger partial charge in [0.25, 0.3) is 5.91 Å². The van der Waals surface area contributed by atoms with E-state index in [1.807, 2.05) is 47.6 Å². The molecular weight excluding hydrogens is 316 g/mol. The van der Waals surface area contributed by atoms with E-state index < -0.39 is 0 Å². The third-order valence-corrected chi connectivity index (χ3v) is 4.92. The van der Waals surface area contributed by atoms with Crippen molar-refractivity contribution in [2.45, 2.75) is 25.3 Å². The molecule has 0 unspecified atom stereocenters. The van der Waals surface area contributed by atoms with Crippen molar-refractivity contribution in [1.82, 2.24) is 19.7 Å². The Morgan fingerprint density at radius 1 is 1.32 bits per heavy atom. The molecule has 0 saturated carbocycles. The number of hydrogen-bond donors (Lipinski definition) is 2. The topological polar surface area (TPSA) is 74.2 Å². The molecule has 1 fully saturated rings. The maximum atomic E-state index is 12.9. The van der Waals surface area contributed by atoms with E-state index in [0.717, 1.165) is 41.5 Å². The van der Waals surface area contributed by atoms with Gasteiger partial charge in [0.1, 0.15) is 0 Å². The first-order valence-electron chi connectivity index (χ1n) is 8.75. The Morgan fingerprint density at radius 2 is 2.24 bits per heavy atom. The van der Waals surface area contributed by atoms with E-state index in [0.29, 0.717) is 13.1 Å². The van der Waals surface area contributed by atoms with Crippen LogP contribution in [0.1, 0.15) is 34.8 Å². The molecular formula is C19H22N4O2. The van der Waals surface area contributed by atoms with Crippen LogP contribution in [0.3, 0.4) is 0 Å². The average Bonchev–Trinajstić information content (AvgIpc) is 3.30. The van der Waals surface area contributed by atoms with Gasteiger partial charge in [-0.25, -0.2) is 0 Å². The molecule has 130 valence electrons. The molecule has 0 bridgehead atoms. The molecule has 3 aromatic rings. The van der Waals surface area contributed by atoms with Gasteiger partial charge >= 0.3 is 0 Å². The molecule has 0 spiro atoms. The number of aromatic amines is 1. The van der Waals surface area contributed by atoms with Crippen LogP contribution in [0.5, 0.6) is 0 Å². The van der Waals surface area contributed by atoms with E-state index in [-0.39, 0.29) is 18.4 Å². The van der Waals surface area contributed by atoms with Gasteiger partial charge in [-0.3, -0.25) is 9.48 Å². The van der Waals surface area contributed by atoms with Crippen molar-refractivity contribution in [1.29, 1.82) is 0 Å². The summed E-state index contributed by atoms with van der Waals surface area (Å²) in [4.78, 5) is 18.0. The predicted molar refractivity (Wildman–Crippen MR) is 95.5 cm³/mol. The number of aliphatic hydroxyl groups excluding tert-OH is 1. The van der Waals surface area contributed by atoms with Gasteiger partial charge in [-0.1, -0.05) is 6.07 Å². The van der Waals surface area contributed by atoms with Gasteiger partial charge in [-0.15, -0.1) is 0 Å². The molecule has 1 saturated heterocycles. The number of rotatable bonds is 4. The lowest BCUT2D eigenvalue weighted by Gasteiger charge is -2.32. The third-order valence-electron chi connectivity index (χ3n) is 4.92. The number of fused-ring (bicyclic) bond motifs is 1. The molecule has 1 aliphatic rings. The first kappa shape index (κ1) is 15.9. The van der Waals surface area contributed by atoms with Crippen LogP contribution in [-0.2, 0) is 6.54 Å². The second-order valence-electron chi connectivity index (χ2n) is 6.60. The largest absolute Gasteiger partial charge is 0.394 e. The monoisotopic (exact) mass is 338 g/mol. The smallest absolute Gasteiger partial charge is 0.253 e. The highest BCUT2D eigenvalue weighted by Crippen LogP contribution is 2.27. The number of carbonyl (C=O) groups is 1. The average molecular weight is 338 g/mol. The highest BCUT2D eigenvalue weighted by atomic mass is 16.3. The molecule has 0 aliphatic carbocycles. The van der Waals surface area contributed by atoms with E-state index in [1.165, 1.54) is 0 Å². The summed E-state index contributed by atoms with van der Waals surface area (Å²) in [5, 5.41) is 14.7. The molecule has 1 amide bonds. The fourth-order valence-corrected chi connectivity index (χ4v) is 3.59. The van der Waals surface area contributed by atoms with E-state index in [1.54, 1.807) is 4.68 Å². The fraction of sp³-hybridized carbons (Fsp3) is 0.368. The number of H-pyrrole nitrogens is 1. The molecule has 1 aliphatic heterocycles. The van der Waals surface area contributed by atoms with Crippen molar-refractivity contribution in [3.8, 4) is 0 Å². The van der Waals surface area contributed by atoms with Crippen molar-refractivity contribution in [2.75, 3.05) is 19.7 Å². The van der Waals surface area contributed by atoms with Crippen molar-refractivity contribution in [3.05, 3.63) is 54.0 Å². The SMILES string of the molecule is O=C(c1ccc2cc[nH]c2c1)N1CCC[C@@H](c2ccn(CCO)n2)C1. The molecule has 4 rings (SSSR count). The lowest BCUT2D eigenvalue weighted by Crippen LogP contribution is -2.39. The number of piperidine rings is 1. The number of aromatic nitrogens is 3. The van der Waals surface area contributed by atoms with E-state index >= 15 is 0 Å². The van der Waals surface area contributed by atoms with E-state index in [2.05, 4.69) is 10.1 Å². The zero-order valence-electron chi connectivity index (χ0n) is 14.1. The Hall–Kier alpha value is -2.60. The van der Waals surface area contributed by atoms with E-state index in [9.17, 15) is 4.79 Å². The minimum Gasteiger partial charge on any atom is -0.394 e. The number of benzene rings is 1. The Morgan fingerprint density at radius 3 is 3.12 bits per heavy atom. The highest BCUT2D eigenvalue weighted by Gasteiger charge is 2.27. The molecule has 1 aromatic carbocycles. The Bertz CT molecular complexity index is 882. The third kappa shape index (κ3) is 3.17. The lowest BCUT2D eigenvalue weighted by atomic mass is 9.94. The maximum Gasteiger partial charge on any atom is 0.253 e. The second-order valence-corrected chi connectivity index (χ2v) is 6.60. The molecule has 3 heterocycles. The predicted octanol–water partition coefficient (Wildman–Crippen LogP) is 2.38. The molecule has 6 nitrogen and oxygen atoms in total. The Labute approximate surface area is 146 Å². The summed E-state index contributed by atoms with van der Waals surface area (Å²) in [5.41, 5.74) is 2.72. The Kier molecular flexibility index (Phi) is 4.28. The van der Waals surface area contributed by atoms with Crippen molar-refractivity contribution in [2.24, 2.45) is 0 Å². The van der Waals surface area contributed by atoms with Gasteiger partial charge < -0.3 is 15.0 Å². The summed E-state index contributed by atoms with van der Waals surface area (Å²) in [6.07, 6.45) is 5.80. The van der Waals surface area contributed by atoms with Gasteiger partial charge in [0.15, 0.2) is 0 Å². The van der Waals surface area contributed by atoms with Gasteiger partial charge in [0.2, 0.25) is 0 Å². The molecule has 1 atom stereocenters. The molecule has 25 heavy (non-hydrogen) atoms. The summed E-state index contributed by atoms with van der Waals surface area (Å²) in [6, 6.07) is 9.81. The van der Waals surface area contributed by atoms with Crippen LogP contribution >= 0.6 is 0 Å². The Balaban J connectivity index is 1.50. The summed E-state index contributed by atoms with van der Waals surface area (Å²) in [6.45, 7) is 2.07. The standard InChI is InChI=1S/C19H22N4O2/c24-11-10-23-9-6-17(21-23)16-2-1-8-22(13-16)19(25)15-4-3-14-5-7-20-18(14)12-15/h3-7,9,12,16,20,24H,1-2,8,10-11,13H2/t16-/m1/s1.